The third-order valence-corrected chi connectivity index (χ3v) is 4.33. The smallest absolute Gasteiger partial charge is 0.257 e. The molecular weight excluding hydrogens is 376 g/mol. The molecule has 0 unspecified atom stereocenters. The fourth-order valence-corrected chi connectivity index (χ4v) is 2.54. The number of aromatic nitrogens is 1. The van der Waals surface area contributed by atoms with Crippen LogP contribution in [0, 0.1) is 5.82 Å². The number of benzene rings is 2. The molecule has 2 N–H and O–H groups in total. The largest absolute Gasteiger partial charge is 0.380 e. The summed E-state index contributed by atoms with van der Waals surface area (Å²) < 4.78 is 12.9. The van der Waals surface area contributed by atoms with Crippen LogP contribution in [0.4, 0.5) is 15.8 Å². The Morgan fingerprint density at radius 1 is 0.962 bits per heavy atom. The third kappa shape index (κ3) is 4.71. The summed E-state index contributed by atoms with van der Waals surface area (Å²) in [7, 11) is 0. The Labute approximate surface area is 160 Å². The van der Waals surface area contributed by atoms with Crippen LogP contribution in [0.25, 0.3) is 0 Å². The van der Waals surface area contributed by atoms with Crippen LogP contribution in [0.3, 0.4) is 0 Å². The van der Waals surface area contributed by atoms with Crippen molar-refractivity contribution in [2.45, 2.75) is 6.54 Å². The van der Waals surface area contributed by atoms with Gasteiger partial charge in [-0.1, -0.05) is 35.3 Å². The number of pyridine rings is 1. The number of nitrogens with zero attached hydrogens (tertiary/aromatic N) is 1. The summed E-state index contributed by atoms with van der Waals surface area (Å²) in [5, 5.41) is 6.67. The van der Waals surface area contributed by atoms with Crippen molar-refractivity contribution in [3.63, 3.8) is 0 Å². The molecule has 3 aromatic rings. The molecule has 0 aliphatic rings. The van der Waals surface area contributed by atoms with Gasteiger partial charge in [0.05, 0.1) is 21.3 Å². The van der Waals surface area contributed by atoms with Crippen LogP contribution in [0.1, 0.15) is 15.9 Å². The van der Waals surface area contributed by atoms with E-state index in [0.717, 1.165) is 5.56 Å². The maximum absolute atomic E-state index is 12.9. The molecule has 0 saturated heterocycles. The molecule has 0 fully saturated rings. The van der Waals surface area contributed by atoms with E-state index >= 15 is 0 Å². The van der Waals surface area contributed by atoms with Gasteiger partial charge in [0.25, 0.3) is 5.91 Å². The molecule has 26 heavy (non-hydrogen) atoms. The van der Waals surface area contributed by atoms with Crippen LogP contribution in [0.5, 0.6) is 0 Å². The van der Waals surface area contributed by atoms with Crippen LogP contribution >= 0.6 is 23.2 Å². The lowest BCUT2D eigenvalue weighted by molar-refractivity contribution is 0.102. The fraction of sp³-hybridized carbons (Fsp3) is 0.0526. The minimum atomic E-state index is -0.318. The second-order valence-corrected chi connectivity index (χ2v) is 6.34. The SMILES string of the molecule is O=C(Nc1ccc(Cl)c(Cl)c1)c1cncc(NCc2ccc(F)cc2)c1. The lowest BCUT2D eigenvalue weighted by Crippen LogP contribution is -2.12. The molecule has 4 nitrogen and oxygen atoms in total. The highest BCUT2D eigenvalue weighted by molar-refractivity contribution is 6.42. The van der Waals surface area contributed by atoms with Gasteiger partial charge in [0, 0.05) is 24.6 Å². The highest BCUT2D eigenvalue weighted by Crippen LogP contribution is 2.25. The number of carbonyl (C=O) groups is 1. The van der Waals surface area contributed by atoms with Crippen LogP contribution in [-0.4, -0.2) is 10.9 Å². The molecule has 0 radical (unpaired) electrons. The van der Waals surface area contributed by atoms with Gasteiger partial charge in [-0.3, -0.25) is 9.78 Å². The van der Waals surface area contributed by atoms with E-state index in [-0.39, 0.29) is 11.7 Å². The van der Waals surface area contributed by atoms with Crippen molar-refractivity contribution < 1.29 is 9.18 Å². The summed E-state index contributed by atoms with van der Waals surface area (Å²) in [5.74, 6) is -0.599. The van der Waals surface area contributed by atoms with Crippen molar-refractivity contribution in [2.75, 3.05) is 10.6 Å². The Morgan fingerprint density at radius 2 is 1.73 bits per heavy atom. The lowest BCUT2D eigenvalue weighted by Gasteiger charge is -2.09. The van der Waals surface area contributed by atoms with Crippen LogP contribution in [-0.2, 0) is 6.54 Å². The van der Waals surface area contributed by atoms with Crippen molar-refractivity contribution in [1.82, 2.24) is 4.98 Å². The Morgan fingerprint density at radius 3 is 2.46 bits per heavy atom. The molecule has 0 saturated carbocycles. The van der Waals surface area contributed by atoms with Gasteiger partial charge in [0.2, 0.25) is 0 Å². The third-order valence-electron chi connectivity index (χ3n) is 3.59. The molecule has 0 aliphatic carbocycles. The molecule has 0 bridgehead atoms. The van der Waals surface area contributed by atoms with Crippen LogP contribution < -0.4 is 10.6 Å². The first kappa shape index (κ1) is 18.2. The second-order valence-electron chi connectivity index (χ2n) is 5.53. The summed E-state index contributed by atoms with van der Waals surface area (Å²) >= 11 is 11.8. The van der Waals surface area contributed by atoms with E-state index in [1.54, 1.807) is 42.6 Å². The topological polar surface area (TPSA) is 54.0 Å². The first-order chi connectivity index (χ1) is 12.5. The molecule has 3 rings (SSSR count). The Balaban J connectivity index is 1.66. The molecule has 2 aromatic carbocycles. The quantitative estimate of drug-likeness (QED) is 0.614. The van der Waals surface area contributed by atoms with E-state index in [4.69, 9.17) is 23.2 Å². The predicted molar refractivity (Wildman–Crippen MR) is 102 cm³/mol. The number of carbonyl (C=O) groups excluding carboxylic acids is 1. The standard InChI is InChI=1S/C19H14Cl2FN3O/c20-17-6-5-15(8-18(17)21)25-19(26)13-7-16(11-23-10-13)24-9-12-1-3-14(22)4-2-12/h1-8,10-11,24H,9H2,(H,25,26). The zero-order chi connectivity index (χ0) is 18.5. The Hall–Kier alpha value is -2.63. The average molecular weight is 390 g/mol. The normalized spacial score (nSPS) is 10.4. The fourth-order valence-electron chi connectivity index (χ4n) is 2.24. The van der Waals surface area contributed by atoms with Gasteiger partial charge >= 0.3 is 0 Å². The number of hydrogen-bond acceptors (Lipinski definition) is 3. The highest BCUT2D eigenvalue weighted by Gasteiger charge is 2.09. The van der Waals surface area contributed by atoms with E-state index in [2.05, 4.69) is 15.6 Å². The van der Waals surface area contributed by atoms with E-state index in [1.807, 2.05) is 0 Å². The first-order valence-corrected chi connectivity index (χ1v) is 8.46. The van der Waals surface area contributed by atoms with E-state index < -0.39 is 0 Å². The van der Waals surface area contributed by atoms with Crippen molar-refractivity contribution in [3.05, 3.63) is 87.9 Å². The number of amides is 1. The number of nitrogens with one attached hydrogen (secondary N) is 2. The maximum atomic E-state index is 12.9. The molecule has 7 heteroatoms. The van der Waals surface area contributed by atoms with Crippen molar-refractivity contribution in [3.8, 4) is 0 Å². The van der Waals surface area contributed by atoms with Gasteiger partial charge in [-0.2, -0.15) is 0 Å². The molecule has 0 aliphatic heterocycles. The summed E-state index contributed by atoms with van der Waals surface area (Å²) in [6, 6.07) is 12.7. The summed E-state index contributed by atoms with van der Waals surface area (Å²) in [4.78, 5) is 16.5. The van der Waals surface area contributed by atoms with Gasteiger partial charge in [-0.15, -0.1) is 0 Å². The van der Waals surface area contributed by atoms with Gasteiger partial charge in [-0.05, 0) is 42.0 Å². The van der Waals surface area contributed by atoms with Crippen molar-refractivity contribution in [2.24, 2.45) is 0 Å². The van der Waals surface area contributed by atoms with E-state index in [9.17, 15) is 9.18 Å². The molecule has 1 heterocycles. The number of halogens is 3. The summed E-state index contributed by atoms with van der Waals surface area (Å²) in [6.45, 7) is 0.486. The first-order valence-electron chi connectivity index (χ1n) is 7.71. The summed E-state index contributed by atoms with van der Waals surface area (Å²) in [6.07, 6.45) is 3.08. The second kappa shape index (κ2) is 8.17. The predicted octanol–water partition coefficient (Wildman–Crippen LogP) is 5.39. The number of anilines is 2. The van der Waals surface area contributed by atoms with Gasteiger partial charge in [-0.25, -0.2) is 4.39 Å². The van der Waals surface area contributed by atoms with Crippen molar-refractivity contribution >= 4 is 40.5 Å². The summed E-state index contributed by atoms with van der Waals surface area (Å²) in [5.41, 5.74) is 2.52. The number of hydrogen-bond donors (Lipinski definition) is 2. The average Bonchev–Trinajstić information content (AvgIpc) is 2.64. The monoisotopic (exact) mass is 389 g/mol. The molecule has 132 valence electrons. The van der Waals surface area contributed by atoms with Gasteiger partial charge < -0.3 is 10.6 Å². The molecule has 0 spiro atoms. The van der Waals surface area contributed by atoms with Crippen LogP contribution in [0.2, 0.25) is 10.0 Å². The molecule has 0 atom stereocenters. The molecule has 1 aromatic heterocycles. The zero-order valence-corrected chi connectivity index (χ0v) is 15.0. The Bertz CT molecular complexity index is 932. The zero-order valence-electron chi connectivity index (χ0n) is 13.5. The van der Waals surface area contributed by atoms with Gasteiger partial charge in [0.1, 0.15) is 5.82 Å². The van der Waals surface area contributed by atoms with E-state index in [1.165, 1.54) is 18.3 Å². The highest BCUT2D eigenvalue weighted by atomic mass is 35.5. The maximum Gasteiger partial charge on any atom is 0.257 e. The minimum Gasteiger partial charge on any atom is -0.380 e. The molecular formula is C19H14Cl2FN3O. The van der Waals surface area contributed by atoms with Crippen molar-refractivity contribution in [1.29, 1.82) is 0 Å². The van der Waals surface area contributed by atoms with Gasteiger partial charge in [0.15, 0.2) is 0 Å². The number of rotatable bonds is 5. The van der Waals surface area contributed by atoms with Crippen LogP contribution in [0.15, 0.2) is 60.9 Å². The Kier molecular flexibility index (Phi) is 5.71. The van der Waals surface area contributed by atoms with E-state index in [0.29, 0.717) is 33.5 Å². The lowest BCUT2D eigenvalue weighted by atomic mass is 10.2. The minimum absolute atomic E-state index is 0.281. The molecule has 1 amide bonds.